The number of benzene rings is 2. The number of halogens is 1. The van der Waals surface area contributed by atoms with Crippen LogP contribution < -0.4 is 15.2 Å². The van der Waals surface area contributed by atoms with E-state index in [1.807, 2.05) is 32.0 Å². The molecule has 0 heterocycles. The molecule has 1 atom stereocenters. The van der Waals surface area contributed by atoms with Gasteiger partial charge < -0.3 is 15.2 Å². The number of rotatable bonds is 7. The lowest BCUT2D eigenvalue weighted by Gasteiger charge is -2.19. The lowest BCUT2D eigenvalue weighted by atomic mass is 9.95. The van der Waals surface area contributed by atoms with Crippen LogP contribution in [0.3, 0.4) is 0 Å². The Morgan fingerprint density at radius 3 is 2.43 bits per heavy atom. The molecule has 0 spiro atoms. The highest BCUT2D eigenvalue weighted by atomic mass is 19.1. The van der Waals surface area contributed by atoms with E-state index in [-0.39, 0.29) is 11.7 Å². The second kappa shape index (κ2) is 7.97. The number of hydrogen-bond donors (Lipinski definition) is 1. The Hall–Kier alpha value is -2.07. The van der Waals surface area contributed by atoms with Crippen molar-refractivity contribution in [1.82, 2.24) is 0 Å². The van der Waals surface area contributed by atoms with Crippen LogP contribution in [0.4, 0.5) is 4.39 Å². The highest BCUT2D eigenvalue weighted by molar-refractivity contribution is 5.40. The van der Waals surface area contributed by atoms with E-state index in [4.69, 9.17) is 15.2 Å². The molecule has 0 bridgehead atoms. The Morgan fingerprint density at radius 2 is 1.83 bits per heavy atom. The first-order valence-electron chi connectivity index (χ1n) is 7.79. The largest absolute Gasteiger partial charge is 0.496 e. The van der Waals surface area contributed by atoms with Gasteiger partial charge in [-0.05, 0) is 56.1 Å². The fourth-order valence-electron chi connectivity index (χ4n) is 2.75. The minimum Gasteiger partial charge on any atom is -0.496 e. The SMILES string of the molecule is COc1ccc(F)cc1C(CN)CCOc1c(C)cccc1C. The molecule has 2 rings (SSSR count). The summed E-state index contributed by atoms with van der Waals surface area (Å²) in [4.78, 5) is 0. The molecule has 1 unspecified atom stereocenters. The number of hydrogen-bond acceptors (Lipinski definition) is 3. The summed E-state index contributed by atoms with van der Waals surface area (Å²) in [7, 11) is 1.58. The average Bonchev–Trinajstić information content (AvgIpc) is 2.54. The molecule has 2 aromatic rings. The smallest absolute Gasteiger partial charge is 0.125 e. The second-order valence-electron chi connectivity index (χ2n) is 5.68. The van der Waals surface area contributed by atoms with E-state index in [9.17, 15) is 4.39 Å². The minimum absolute atomic E-state index is 0.00928. The molecule has 0 aliphatic heterocycles. The molecule has 2 N–H and O–H groups in total. The van der Waals surface area contributed by atoms with Crippen molar-refractivity contribution in [3.63, 3.8) is 0 Å². The average molecular weight is 317 g/mol. The Labute approximate surface area is 137 Å². The van der Waals surface area contributed by atoms with Gasteiger partial charge in [0, 0.05) is 11.5 Å². The number of para-hydroxylation sites is 1. The van der Waals surface area contributed by atoms with Crippen LogP contribution in [0, 0.1) is 19.7 Å². The first-order chi connectivity index (χ1) is 11.1. The van der Waals surface area contributed by atoms with Crippen LogP contribution in [0.1, 0.15) is 29.0 Å². The lowest BCUT2D eigenvalue weighted by Crippen LogP contribution is -2.17. The highest BCUT2D eigenvalue weighted by Crippen LogP contribution is 2.30. The molecule has 3 nitrogen and oxygen atoms in total. The van der Waals surface area contributed by atoms with Crippen LogP contribution in [0.25, 0.3) is 0 Å². The zero-order valence-corrected chi connectivity index (χ0v) is 13.9. The summed E-state index contributed by atoms with van der Waals surface area (Å²) in [6.45, 7) is 4.99. The third kappa shape index (κ3) is 4.23. The molecule has 0 radical (unpaired) electrons. The maximum atomic E-state index is 13.5. The van der Waals surface area contributed by atoms with Crippen LogP contribution in [0.5, 0.6) is 11.5 Å². The normalized spacial score (nSPS) is 12.0. The zero-order valence-electron chi connectivity index (χ0n) is 13.9. The molecule has 0 aromatic heterocycles. The first kappa shape index (κ1) is 17.3. The predicted octanol–water partition coefficient (Wildman–Crippen LogP) is 3.96. The van der Waals surface area contributed by atoms with Crippen LogP contribution in [-0.2, 0) is 0 Å². The Kier molecular flexibility index (Phi) is 5.99. The van der Waals surface area contributed by atoms with Crippen molar-refractivity contribution in [2.24, 2.45) is 5.73 Å². The van der Waals surface area contributed by atoms with Crippen molar-refractivity contribution in [1.29, 1.82) is 0 Å². The van der Waals surface area contributed by atoms with Gasteiger partial charge in [-0.15, -0.1) is 0 Å². The second-order valence-corrected chi connectivity index (χ2v) is 5.68. The van der Waals surface area contributed by atoms with E-state index in [2.05, 4.69) is 0 Å². The molecule has 2 aromatic carbocycles. The number of methoxy groups -OCH3 is 1. The van der Waals surface area contributed by atoms with Crippen molar-refractivity contribution in [3.8, 4) is 11.5 Å². The molecule has 23 heavy (non-hydrogen) atoms. The van der Waals surface area contributed by atoms with Crippen LogP contribution in [0.2, 0.25) is 0 Å². The summed E-state index contributed by atoms with van der Waals surface area (Å²) < 4.78 is 24.8. The van der Waals surface area contributed by atoms with Crippen molar-refractivity contribution >= 4 is 0 Å². The minimum atomic E-state index is -0.282. The molecular formula is C19H24FNO2. The van der Waals surface area contributed by atoms with Crippen LogP contribution >= 0.6 is 0 Å². The molecule has 4 heteroatoms. The van der Waals surface area contributed by atoms with Crippen molar-refractivity contribution in [2.75, 3.05) is 20.3 Å². The van der Waals surface area contributed by atoms with Crippen molar-refractivity contribution < 1.29 is 13.9 Å². The van der Waals surface area contributed by atoms with Gasteiger partial charge in [-0.2, -0.15) is 0 Å². The molecule has 0 saturated carbocycles. The summed E-state index contributed by atoms with van der Waals surface area (Å²) in [6, 6.07) is 10.6. The van der Waals surface area contributed by atoms with Gasteiger partial charge >= 0.3 is 0 Å². The predicted molar refractivity (Wildman–Crippen MR) is 90.8 cm³/mol. The third-order valence-electron chi connectivity index (χ3n) is 4.04. The van der Waals surface area contributed by atoms with E-state index in [1.54, 1.807) is 13.2 Å². The molecule has 0 saturated heterocycles. The third-order valence-corrected chi connectivity index (χ3v) is 4.04. The quantitative estimate of drug-likeness (QED) is 0.840. The summed E-state index contributed by atoms with van der Waals surface area (Å²) >= 11 is 0. The summed E-state index contributed by atoms with van der Waals surface area (Å²) in [5.41, 5.74) is 8.89. The van der Waals surface area contributed by atoms with Crippen molar-refractivity contribution in [3.05, 3.63) is 58.9 Å². The van der Waals surface area contributed by atoms with Gasteiger partial charge in [0.2, 0.25) is 0 Å². The molecule has 0 aliphatic carbocycles. The topological polar surface area (TPSA) is 44.5 Å². The lowest BCUT2D eigenvalue weighted by molar-refractivity contribution is 0.292. The molecular weight excluding hydrogens is 293 g/mol. The molecule has 124 valence electrons. The van der Waals surface area contributed by atoms with Crippen LogP contribution in [0.15, 0.2) is 36.4 Å². The number of aryl methyl sites for hydroxylation is 2. The standard InChI is InChI=1S/C19H24FNO2/c1-13-5-4-6-14(2)19(13)23-10-9-15(12-21)17-11-16(20)7-8-18(17)22-3/h4-8,11,15H,9-10,12,21H2,1-3H3. The Morgan fingerprint density at radius 1 is 1.13 bits per heavy atom. The van der Waals surface area contributed by atoms with E-state index >= 15 is 0 Å². The van der Waals surface area contributed by atoms with E-state index in [0.717, 1.165) is 22.4 Å². The van der Waals surface area contributed by atoms with Crippen LogP contribution in [-0.4, -0.2) is 20.3 Å². The van der Waals surface area contributed by atoms with Crippen molar-refractivity contribution in [2.45, 2.75) is 26.2 Å². The van der Waals surface area contributed by atoms with Gasteiger partial charge in [0.25, 0.3) is 0 Å². The molecule has 0 aliphatic rings. The van der Waals surface area contributed by atoms with Gasteiger partial charge in [-0.3, -0.25) is 0 Å². The van der Waals surface area contributed by atoms with Gasteiger partial charge in [-0.1, -0.05) is 18.2 Å². The fraction of sp³-hybridized carbons (Fsp3) is 0.368. The molecule has 0 fully saturated rings. The zero-order chi connectivity index (χ0) is 16.8. The van der Waals surface area contributed by atoms with E-state index in [0.29, 0.717) is 25.3 Å². The number of ether oxygens (including phenoxy) is 2. The van der Waals surface area contributed by atoms with Gasteiger partial charge in [-0.25, -0.2) is 4.39 Å². The van der Waals surface area contributed by atoms with E-state index in [1.165, 1.54) is 12.1 Å². The van der Waals surface area contributed by atoms with Gasteiger partial charge in [0.1, 0.15) is 17.3 Å². The first-order valence-corrected chi connectivity index (χ1v) is 7.79. The molecule has 0 amide bonds. The Bertz CT molecular complexity index is 638. The summed E-state index contributed by atoms with van der Waals surface area (Å²) in [5.74, 6) is 1.28. The van der Waals surface area contributed by atoms with Gasteiger partial charge in [0.15, 0.2) is 0 Å². The number of nitrogens with two attached hydrogens (primary N) is 1. The Balaban J connectivity index is 2.07. The maximum absolute atomic E-state index is 13.5. The summed E-state index contributed by atoms with van der Waals surface area (Å²) in [6.07, 6.45) is 0.698. The summed E-state index contributed by atoms with van der Waals surface area (Å²) in [5, 5.41) is 0. The van der Waals surface area contributed by atoms with E-state index < -0.39 is 0 Å². The monoisotopic (exact) mass is 317 g/mol. The maximum Gasteiger partial charge on any atom is 0.125 e. The fourth-order valence-corrected chi connectivity index (χ4v) is 2.75. The highest BCUT2D eigenvalue weighted by Gasteiger charge is 2.16. The van der Waals surface area contributed by atoms with Gasteiger partial charge in [0.05, 0.1) is 13.7 Å².